The molecule has 7 heteroatoms. The van der Waals surface area contributed by atoms with E-state index in [-0.39, 0.29) is 5.78 Å². The number of hydrogen-bond acceptors (Lipinski definition) is 6. The Morgan fingerprint density at radius 3 is 1.92 bits per heavy atom. The maximum Gasteiger partial charge on any atom is 0.214 e. The average molecular weight is 572 g/mol. The van der Waals surface area contributed by atoms with Crippen LogP contribution < -0.4 is 0 Å². The fourth-order valence-electron chi connectivity index (χ4n) is 4.16. The number of alkyl halides is 1. The number of carbonyl (C=O) groups excluding carboxylic acids is 1. The topological polar surface area (TPSA) is 63.2 Å². The van der Waals surface area contributed by atoms with Gasteiger partial charge in [-0.05, 0) is 41.6 Å². The largest absolute Gasteiger partial charge is 0.379 e. The molecule has 0 radical (unpaired) electrons. The van der Waals surface area contributed by atoms with Gasteiger partial charge in [0.05, 0.1) is 6.61 Å². The predicted molar refractivity (Wildman–Crippen MR) is 147 cm³/mol. The Balaban J connectivity index is 2.45. The van der Waals surface area contributed by atoms with Gasteiger partial charge in [-0.3, -0.25) is 4.79 Å². The molecule has 2 rings (SSSR count). The van der Waals surface area contributed by atoms with Crippen LogP contribution >= 0.6 is 15.9 Å². The SMILES string of the molecule is CCCCOC[C@H]1O[C@@](Br)(C(=O)c2ccccc2)[C@H](OCCCC)[C@@H](OCCCC)[C@@H]1OCCCC. The molecule has 0 bridgehead atoms. The molecule has 5 atom stereocenters. The van der Waals surface area contributed by atoms with Crippen LogP contribution in [0.2, 0.25) is 0 Å². The zero-order valence-electron chi connectivity index (χ0n) is 22.7. The Kier molecular flexibility index (Phi) is 15.4. The first-order chi connectivity index (χ1) is 17.5. The second-order valence-corrected chi connectivity index (χ2v) is 10.6. The molecular formula is C29H47BrO6. The van der Waals surface area contributed by atoms with Crippen molar-refractivity contribution in [3.8, 4) is 0 Å². The van der Waals surface area contributed by atoms with Gasteiger partial charge in [0.2, 0.25) is 10.3 Å². The number of ether oxygens (including phenoxy) is 5. The Hall–Kier alpha value is -0.830. The molecule has 0 amide bonds. The first-order valence-electron chi connectivity index (χ1n) is 13.9. The van der Waals surface area contributed by atoms with E-state index in [1.54, 1.807) is 12.1 Å². The molecule has 1 heterocycles. The summed E-state index contributed by atoms with van der Waals surface area (Å²) in [5, 5.41) is 0. The van der Waals surface area contributed by atoms with Crippen LogP contribution in [0.15, 0.2) is 30.3 Å². The number of benzene rings is 1. The molecule has 1 aromatic carbocycles. The van der Waals surface area contributed by atoms with Crippen molar-refractivity contribution in [2.45, 2.75) is 108 Å². The fourth-order valence-corrected chi connectivity index (χ4v) is 5.02. The summed E-state index contributed by atoms with van der Waals surface area (Å²) in [7, 11) is 0. The first-order valence-corrected chi connectivity index (χ1v) is 14.7. The maximum absolute atomic E-state index is 13.9. The summed E-state index contributed by atoms with van der Waals surface area (Å²) in [6, 6.07) is 9.23. The highest BCUT2D eigenvalue weighted by Gasteiger charge is 2.59. The van der Waals surface area contributed by atoms with Crippen molar-refractivity contribution in [1.82, 2.24) is 0 Å². The molecule has 0 N–H and O–H groups in total. The number of rotatable bonds is 19. The summed E-state index contributed by atoms with van der Waals surface area (Å²) in [6.45, 7) is 11.1. The van der Waals surface area contributed by atoms with Gasteiger partial charge in [0, 0.05) is 32.0 Å². The Labute approximate surface area is 226 Å². The van der Waals surface area contributed by atoms with Gasteiger partial charge in [0.25, 0.3) is 0 Å². The third kappa shape index (κ3) is 9.17. The lowest BCUT2D eigenvalue weighted by atomic mass is 9.89. The molecule has 1 saturated heterocycles. The highest BCUT2D eigenvalue weighted by Crippen LogP contribution is 2.42. The molecule has 0 aromatic heterocycles. The molecule has 206 valence electrons. The molecule has 0 unspecified atom stereocenters. The third-order valence-corrected chi connectivity index (χ3v) is 7.36. The minimum atomic E-state index is -1.41. The summed E-state index contributed by atoms with van der Waals surface area (Å²) in [6.07, 6.45) is 5.73. The molecule has 0 saturated carbocycles. The van der Waals surface area contributed by atoms with E-state index in [9.17, 15) is 4.79 Å². The van der Waals surface area contributed by atoms with E-state index in [1.165, 1.54) is 0 Å². The fraction of sp³-hybridized carbons (Fsp3) is 0.759. The van der Waals surface area contributed by atoms with Crippen LogP contribution in [0.1, 0.15) is 89.4 Å². The normalized spacial score (nSPS) is 26.2. The molecule has 1 aliphatic rings. The number of unbranched alkanes of at least 4 members (excludes halogenated alkanes) is 4. The van der Waals surface area contributed by atoms with Crippen LogP contribution in [-0.4, -0.2) is 67.7 Å². The zero-order valence-corrected chi connectivity index (χ0v) is 24.3. The highest BCUT2D eigenvalue weighted by molar-refractivity contribution is 9.10. The molecule has 1 fully saturated rings. The quantitative estimate of drug-likeness (QED) is 0.104. The van der Waals surface area contributed by atoms with Crippen molar-refractivity contribution in [2.24, 2.45) is 0 Å². The summed E-state index contributed by atoms with van der Waals surface area (Å²) in [5.41, 5.74) is 0.557. The van der Waals surface area contributed by atoms with E-state index in [0.717, 1.165) is 51.4 Å². The van der Waals surface area contributed by atoms with Crippen molar-refractivity contribution in [1.29, 1.82) is 0 Å². The summed E-state index contributed by atoms with van der Waals surface area (Å²) < 4.78 is 30.5. The number of ketones is 1. The van der Waals surface area contributed by atoms with Gasteiger partial charge in [0.1, 0.15) is 24.4 Å². The number of hydrogen-bond donors (Lipinski definition) is 0. The van der Waals surface area contributed by atoms with Crippen molar-refractivity contribution in [3.05, 3.63) is 35.9 Å². The lowest BCUT2D eigenvalue weighted by molar-refractivity contribution is -0.262. The molecule has 6 nitrogen and oxygen atoms in total. The van der Waals surface area contributed by atoms with Crippen molar-refractivity contribution < 1.29 is 28.5 Å². The van der Waals surface area contributed by atoms with Gasteiger partial charge in [-0.15, -0.1) is 0 Å². The smallest absolute Gasteiger partial charge is 0.214 e. The molecule has 0 spiro atoms. The van der Waals surface area contributed by atoms with Crippen LogP contribution in [0, 0.1) is 0 Å². The van der Waals surface area contributed by atoms with E-state index in [4.69, 9.17) is 23.7 Å². The second-order valence-electron chi connectivity index (χ2n) is 9.45. The van der Waals surface area contributed by atoms with E-state index >= 15 is 0 Å². The van der Waals surface area contributed by atoms with Crippen molar-refractivity contribution >= 4 is 21.7 Å². The molecule has 1 aromatic rings. The number of Topliss-reactive ketones (excluding diaryl/α,β-unsaturated/α-hetero) is 1. The van der Waals surface area contributed by atoms with Gasteiger partial charge < -0.3 is 23.7 Å². The van der Waals surface area contributed by atoms with Crippen LogP contribution in [0.4, 0.5) is 0 Å². The van der Waals surface area contributed by atoms with Gasteiger partial charge in [-0.25, -0.2) is 0 Å². The van der Waals surface area contributed by atoms with Gasteiger partial charge in [-0.2, -0.15) is 0 Å². The predicted octanol–water partition coefficient (Wildman–Crippen LogP) is 6.73. The van der Waals surface area contributed by atoms with Crippen molar-refractivity contribution in [2.75, 3.05) is 33.0 Å². The number of carbonyl (C=O) groups is 1. The summed E-state index contributed by atoms with van der Waals surface area (Å²) >= 11 is 3.75. The average Bonchev–Trinajstić information content (AvgIpc) is 2.89. The summed E-state index contributed by atoms with van der Waals surface area (Å²) in [5.74, 6) is -0.181. The molecule has 36 heavy (non-hydrogen) atoms. The van der Waals surface area contributed by atoms with E-state index in [0.29, 0.717) is 38.6 Å². The van der Waals surface area contributed by atoms with E-state index < -0.39 is 28.9 Å². The van der Waals surface area contributed by atoms with E-state index in [2.05, 4.69) is 43.6 Å². The first kappa shape index (κ1) is 31.4. The van der Waals surface area contributed by atoms with Gasteiger partial charge >= 0.3 is 0 Å². The van der Waals surface area contributed by atoms with Crippen LogP contribution in [0.3, 0.4) is 0 Å². The zero-order chi connectivity index (χ0) is 26.2. The maximum atomic E-state index is 13.9. The monoisotopic (exact) mass is 570 g/mol. The Morgan fingerprint density at radius 2 is 1.33 bits per heavy atom. The van der Waals surface area contributed by atoms with E-state index in [1.807, 2.05) is 18.2 Å². The second kappa shape index (κ2) is 17.6. The lowest BCUT2D eigenvalue weighted by Gasteiger charge is -2.49. The minimum Gasteiger partial charge on any atom is -0.379 e. The third-order valence-electron chi connectivity index (χ3n) is 6.36. The molecule has 1 aliphatic heterocycles. The Bertz CT molecular complexity index is 717. The molecular weight excluding hydrogens is 524 g/mol. The highest BCUT2D eigenvalue weighted by atomic mass is 79.9. The minimum absolute atomic E-state index is 0.181. The summed E-state index contributed by atoms with van der Waals surface area (Å²) in [4.78, 5) is 13.9. The van der Waals surface area contributed by atoms with Crippen LogP contribution in [-0.2, 0) is 23.7 Å². The van der Waals surface area contributed by atoms with Crippen LogP contribution in [0.25, 0.3) is 0 Å². The standard InChI is InChI=1S/C29H47BrO6/c1-5-9-18-32-22-24-25(33-19-10-6-2)26(34-20-11-7-3)28(35-21-12-8-4)29(30,36-24)27(31)23-16-14-13-15-17-23/h13-17,24-26,28H,5-12,18-22H2,1-4H3/t24-,25-,26+,28-,29+/m1/s1. The van der Waals surface area contributed by atoms with Gasteiger partial charge in [-0.1, -0.05) is 83.7 Å². The lowest BCUT2D eigenvalue weighted by Crippen LogP contribution is -2.67. The molecule has 0 aliphatic carbocycles. The van der Waals surface area contributed by atoms with Crippen molar-refractivity contribution in [3.63, 3.8) is 0 Å². The number of halogens is 1. The van der Waals surface area contributed by atoms with Gasteiger partial charge in [0.15, 0.2) is 0 Å². The Morgan fingerprint density at radius 1 is 0.806 bits per heavy atom. The van der Waals surface area contributed by atoms with Crippen LogP contribution in [0.5, 0.6) is 0 Å².